The number of carboxylic acids is 1. The molecule has 10 nitrogen and oxygen atoms in total. The molecule has 2 aliphatic heterocycles. The SMILES string of the molecule is O=C(CCCC[C@@H]1SC[C@H]2NC(=O)N[C@H]12)NCCCC[C@H](NC(=O)OCC1c2ccccc2-c2ccccc21)C(=O)O. The summed E-state index contributed by atoms with van der Waals surface area (Å²) in [5, 5.41) is 21.3. The largest absolute Gasteiger partial charge is 0.480 e. The van der Waals surface area contributed by atoms with Crippen molar-refractivity contribution >= 4 is 35.8 Å². The fourth-order valence-corrected chi connectivity index (χ4v) is 7.65. The molecule has 2 aromatic carbocycles. The van der Waals surface area contributed by atoms with Crippen LogP contribution < -0.4 is 21.3 Å². The van der Waals surface area contributed by atoms with Gasteiger partial charge < -0.3 is 31.1 Å². The number of carboxylic acid groups (broad SMARTS) is 1. The van der Waals surface area contributed by atoms with E-state index in [1.54, 1.807) is 0 Å². The molecule has 0 bridgehead atoms. The van der Waals surface area contributed by atoms with Crippen molar-refractivity contribution in [3.8, 4) is 11.1 Å². The van der Waals surface area contributed by atoms with Crippen LogP contribution in [0.3, 0.4) is 0 Å². The molecule has 11 heteroatoms. The van der Waals surface area contributed by atoms with E-state index in [-0.39, 0.29) is 43.0 Å². The Morgan fingerprint density at radius 2 is 1.69 bits per heavy atom. The fraction of sp³-hybridized carbons (Fsp3) is 0.484. The lowest BCUT2D eigenvalue weighted by molar-refractivity contribution is -0.139. The molecule has 2 heterocycles. The second-order valence-corrected chi connectivity index (χ2v) is 12.3. The average molecular weight is 595 g/mol. The Kier molecular flexibility index (Phi) is 9.89. The first kappa shape index (κ1) is 29.8. The first-order valence-electron chi connectivity index (χ1n) is 14.7. The van der Waals surface area contributed by atoms with E-state index in [1.807, 2.05) is 48.2 Å². The highest BCUT2D eigenvalue weighted by molar-refractivity contribution is 8.00. The van der Waals surface area contributed by atoms with Crippen LogP contribution in [0.15, 0.2) is 48.5 Å². The number of amides is 4. The van der Waals surface area contributed by atoms with Crippen LogP contribution in [0, 0.1) is 0 Å². The van der Waals surface area contributed by atoms with Crippen molar-refractivity contribution in [2.75, 3.05) is 18.9 Å². The Labute approximate surface area is 249 Å². The van der Waals surface area contributed by atoms with Gasteiger partial charge >= 0.3 is 18.1 Å². The molecule has 5 N–H and O–H groups in total. The number of ether oxygens (including phenoxy) is 1. The van der Waals surface area contributed by atoms with E-state index in [0.29, 0.717) is 31.1 Å². The van der Waals surface area contributed by atoms with Gasteiger partial charge in [-0.3, -0.25) is 4.79 Å². The number of nitrogens with one attached hydrogen (secondary N) is 4. The number of hydrogen-bond acceptors (Lipinski definition) is 6. The van der Waals surface area contributed by atoms with Gasteiger partial charge in [-0.1, -0.05) is 55.0 Å². The van der Waals surface area contributed by atoms with Crippen LogP contribution in [0.5, 0.6) is 0 Å². The van der Waals surface area contributed by atoms with Gasteiger partial charge in [-0.25, -0.2) is 14.4 Å². The van der Waals surface area contributed by atoms with Crippen LogP contribution in [0.4, 0.5) is 9.59 Å². The maximum Gasteiger partial charge on any atom is 0.407 e. The van der Waals surface area contributed by atoms with E-state index < -0.39 is 18.1 Å². The molecule has 5 rings (SSSR count). The van der Waals surface area contributed by atoms with E-state index in [1.165, 1.54) is 0 Å². The number of alkyl carbamates (subject to hydrolysis) is 1. The molecule has 3 aliphatic rings. The van der Waals surface area contributed by atoms with Crippen LogP contribution in [0.25, 0.3) is 11.1 Å². The number of carbonyl (C=O) groups excluding carboxylic acids is 3. The topological polar surface area (TPSA) is 146 Å². The quantitative estimate of drug-likeness (QED) is 0.164. The molecule has 42 heavy (non-hydrogen) atoms. The number of fused-ring (bicyclic) bond motifs is 4. The van der Waals surface area contributed by atoms with Gasteiger partial charge in [0.25, 0.3) is 0 Å². The molecule has 4 atom stereocenters. The summed E-state index contributed by atoms with van der Waals surface area (Å²) in [6.45, 7) is 0.572. The van der Waals surface area contributed by atoms with Gasteiger partial charge in [0.2, 0.25) is 5.91 Å². The van der Waals surface area contributed by atoms with Crippen LogP contribution in [0.1, 0.15) is 62.0 Å². The first-order valence-corrected chi connectivity index (χ1v) is 15.7. The summed E-state index contributed by atoms with van der Waals surface area (Å²) in [4.78, 5) is 48.0. The summed E-state index contributed by atoms with van der Waals surface area (Å²) in [6.07, 6.45) is 3.74. The lowest BCUT2D eigenvalue weighted by Gasteiger charge is -2.17. The average Bonchev–Trinajstić information content (AvgIpc) is 3.64. The van der Waals surface area contributed by atoms with Gasteiger partial charge in [0.05, 0.1) is 12.1 Å². The molecular weight excluding hydrogens is 556 g/mol. The number of urea groups is 1. The van der Waals surface area contributed by atoms with Gasteiger partial charge in [0.15, 0.2) is 0 Å². The fourth-order valence-electron chi connectivity index (χ4n) is 6.10. The molecule has 0 aromatic heterocycles. The molecule has 0 unspecified atom stereocenters. The Hall–Kier alpha value is -3.73. The minimum atomic E-state index is -1.12. The Balaban J connectivity index is 0.954. The van der Waals surface area contributed by atoms with Gasteiger partial charge in [-0.05, 0) is 54.4 Å². The van der Waals surface area contributed by atoms with Crippen molar-refractivity contribution in [2.45, 2.75) is 74.2 Å². The van der Waals surface area contributed by atoms with Crippen molar-refractivity contribution in [3.05, 3.63) is 59.7 Å². The molecule has 0 saturated carbocycles. The highest BCUT2D eigenvalue weighted by atomic mass is 32.2. The normalized spacial score (nSPS) is 21.0. The summed E-state index contributed by atoms with van der Waals surface area (Å²) >= 11 is 1.87. The summed E-state index contributed by atoms with van der Waals surface area (Å²) in [5.41, 5.74) is 4.42. The number of aliphatic carboxylic acids is 1. The van der Waals surface area contributed by atoms with E-state index in [4.69, 9.17) is 4.74 Å². The number of carbonyl (C=O) groups is 4. The molecule has 4 amide bonds. The molecule has 2 aromatic rings. The van der Waals surface area contributed by atoms with Crippen molar-refractivity contribution in [1.29, 1.82) is 0 Å². The zero-order valence-corrected chi connectivity index (χ0v) is 24.3. The lowest BCUT2D eigenvalue weighted by atomic mass is 9.98. The molecule has 2 fully saturated rings. The van der Waals surface area contributed by atoms with Crippen molar-refractivity contribution in [3.63, 3.8) is 0 Å². The molecular formula is C31H38N4O6S. The summed E-state index contributed by atoms with van der Waals surface area (Å²) < 4.78 is 5.49. The number of benzene rings is 2. The minimum Gasteiger partial charge on any atom is -0.480 e. The zero-order chi connectivity index (χ0) is 29.5. The van der Waals surface area contributed by atoms with Crippen LogP contribution in [-0.2, 0) is 14.3 Å². The Bertz CT molecular complexity index is 1260. The van der Waals surface area contributed by atoms with E-state index in [9.17, 15) is 24.3 Å². The standard InChI is InChI=1S/C31H38N4O6S/c36-27(15-6-5-14-26-28-25(18-42-26)33-30(39)35-28)32-16-8-7-13-24(29(37)38)34-31(40)41-17-23-21-11-3-1-9-19(21)20-10-2-4-12-22(20)23/h1-4,9-12,23-26,28H,5-8,13-18H2,(H,32,36)(H,34,40)(H,37,38)(H2,33,35,39)/t24-,25+,26-,28-/m0/s1. The van der Waals surface area contributed by atoms with E-state index in [2.05, 4.69) is 33.4 Å². The van der Waals surface area contributed by atoms with Gasteiger partial charge in [-0.15, -0.1) is 0 Å². The lowest BCUT2D eigenvalue weighted by Crippen LogP contribution is -2.41. The van der Waals surface area contributed by atoms with Crippen molar-refractivity contribution in [1.82, 2.24) is 21.3 Å². The monoisotopic (exact) mass is 594 g/mol. The van der Waals surface area contributed by atoms with Crippen molar-refractivity contribution < 1.29 is 29.0 Å². The Morgan fingerprint density at radius 3 is 2.40 bits per heavy atom. The van der Waals surface area contributed by atoms with Crippen LogP contribution in [-0.4, -0.2) is 71.4 Å². The summed E-state index contributed by atoms with van der Waals surface area (Å²) in [5.74, 6) is -0.309. The smallest absolute Gasteiger partial charge is 0.407 e. The molecule has 2 saturated heterocycles. The van der Waals surface area contributed by atoms with Crippen molar-refractivity contribution in [2.24, 2.45) is 0 Å². The van der Waals surface area contributed by atoms with Gasteiger partial charge in [-0.2, -0.15) is 11.8 Å². The number of unbranched alkanes of at least 4 members (excludes halogenated alkanes) is 2. The Morgan fingerprint density at radius 1 is 0.976 bits per heavy atom. The second-order valence-electron chi connectivity index (χ2n) is 11.1. The number of hydrogen-bond donors (Lipinski definition) is 5. The number of thioether (sulfide) groups is 1. The maximum atomic E-state index is 12.5. The summed E-state index contributed by atoms with van der Waals surface area (Å²) in [6, 6.07) is 15.3. The van der Waals surface area contributed by atoms with E-state index >= 15 is 0 Å². The molecule has 1 aliphatic carbocycles. The third kappa shape index (κ3) is 7.18. The van der Waals surface area contributed by atoms with Gasteiger partial charge in [0, 0.05) is 29.9 Å². The first-order chi connectivity index (χ1) is 20.4. The van der Waals surface area contributed by atoms with Gasteiger partial charge in [0.1, 0.15) is 12.6 Å². The maximum absolute atomic E-state index is 12.5. The summed E-state index contributed by atoms with van der Waals surface area (Å²) in [7, 11) is 0. The number of rotatable bonds is 14. The van der Waals surface area contributed by atoms with Crippen LogP contribution >= 0.6 is 11.8 Å². The predicted octanol–water partition coefficient (Wildman–Crippen LogP) is 3.99. The highest BCUT2D eigenvalue weighted by Gasteiger charge is 2.42. The molecule has 0 spiro atoms. The predicted molar refractivity (Wildman–Crippen MR) is 160 cm³/mol. The second kappa shape index (κ2) is 14.0. The highest BCUT2D eigenvalue weighted by Crippen LogP contribution is 2.44. The van der Waals surface area contributed by atoms with Crippen LogP contribution in [0.2, 0.25) is 0 Å². The third-order valence-corrected chi connectivity index (χ3v) is 9.76. The zero-order valence-electron chi connectivity index (χ0n) is 23.5. The molecule has 0 radical (unpaired) electrons. The molecule has 224 valence electrons. The van der Waals surface area contributed by atoms with E-state index in [0.717, 1.165) is 47.3 Å². The third-order valence-electron chi connectivity index (χ3n) is 8.26. The minimum absolute atomic E-state index is 0.0191.